The maximum absolute atomic E-state index is 14.0. The highest BCUT2D eigenvalue weighted by atomic mass is 32.2. The van der Waals surface area contributed by atoms with Crippen LogP contribution in [0.25, 0.3) is 0 Å². The summed E-state index contributed by atoms with van der Waals surface area (Å²) < 4.78 is 75.6. The van der Waals surface area contributed by atoms with Gasteiger partial charge in [0.2, 0.25) is 21.9 Å². The lowest BCUT2D eigenvalue weighted by atomic mass is 10.1. The number of halogens is 3. The molecule has 2 aliphatic rings. The molecule has 0 radical (unpaired) electrons. The van der Waals surface area contributed by atoms with Crippen LogP contribution >= 0.6 is 0 Å². The van der Waals surface area contributed by atoms with E-state index in [-0.39, 0.29) is 52.6 Å². The van der Waals surface area contributed by atoms with Gasteiger partial charge in [-0.25, -0.2) is 13.4 Å². The smallest absolute Gasteiger partial charge is 0.421 e. The van der Waals surface area contributed by atoms with Gasteiger partial charge in [-0.15, -0.1) is 0 Å². The van der Waals surface area contributed by atoms with Gasteiger partial charge in [0.1, 0.15) is 17.1 Å². The van der Waals surface area contributed by atoms with Gasteiger partial charge in [0.15, 0.2) is 0 Å². The summed E-state index contributed by atoms with van der Waals surface area (Å²) in [5, 5.41) is 8.03. The summed E-state index contributed by atoms with van der Waals surface area (Å²) in [6, 6.07) is 17.3. The van der Waals surface area contributed by atoms with Crippen molar-refractivity contribution >= 4 is 56.6 Å². The molecule has 6 rings (SSSR count). The van der Waals surface area contributed by atoms with Crippen molar-refractivity contribution in [2.24, 2.45) is 0 Å². The molecule has 56 heavy (non-hydrogen) atoms. The number of methoxy groups -OCH3 is 1. The molecule has 1 aromatic heterocycles. The van der Waals surface area contributed by atoms with Crippen molar-refractivity contribution in [3.05, 3.63) is 89.6 Å². The summed E-state index contributed by atoms with van der Waals surface area (Å²) >= 11 is 0. The number of hydrogen-bond acceptors (Lipinski definition) is 11. The predicted octanol–water partition coefficient (Wildman–Crippen LogP) is 4.17. The lowest BCUT2D eigenvalue weighted by Crippen LogP contribution is -2.50. The molecular weight excluding hydrogens is 756 g/mol. The van der Waals surface area contributed by atoms with E-state index < -0.39 is 33.5 Å². The second-order valence-electron chi connectivity index (χ2n) is 12.9. The fourth-order valence-electron chi connectivity index (χ4n) is 6.43. The van der Waals surface area contributed by atoms with E-state index in [1.807, 2.05) is 4.90 Å². The average molecular weight is 796 g/mol. The van der Waals surface area contributed by atoms with Crippen molar-refractivity contribution < 1.29 is 40.7 Å². The number of carbonyl (C=O) groups is 3. The number of para-hydroxylation sites is 1. The number of sulfonamides is 1. The Morgan fingerprint density at radius 3 is 2.18 bits per heavy atom. The third-order valence-corrected chi connectivity index (χ3v) is 11.4. The first-order valence-electron chi connectivity index (χ1n) is 17.6. The molecule has 4 aromatic rings. The Labute approximate surface area is 321 Å². The lowest BCUT2D eigenvalue weighted by molar-refractivity contribution is -0.137. The maximum atomic E-state index is 14.0. The van der Waals surface area contributed by atoms with E-state index in [9.17, 15) is 36.0 Å². The van der Waals surface area contributed by atoms with Gasteiger partial charge in [-0.05, 0) is 42.5 Å². The number of amides is 3. The normalized spacial score (nSPS) is 15.3. The summed E-state index contributed by atoms with van der Waals surface area (Å²) in [5.41, 5.74) is 0.489. The SMILES string of the molecule is CNC(=O)c1ccccc1Nc1nc(Nc2ccc(N3CCN(C(=O)c4cccc(S(=O)(=O)N5CCN(C(C)=O)CC5)c4)CC3)cc2OC)ncc1C(F)(F)F. The number of rotatable bonds is 10. The molecule has 3 aromatic carbocycles. The largest absolute Gasteiger partial charge is 0.494 e. The van der Waals surface area contributed by atoms with Gasteiger partial charge in [0.25, 0.3) is 11.8 Å². The molecule has 0 spiro atoms. The van der Waals surface area contributed by atoms with Gasteiger partial charge in [0, 0.05) is 89.8 Å². The van der Waals surface area contributed by atoms with Crippen LogP contribution in [-0.2, 0) is 21.0 Å². The van der Waals surface area contributed by atoms with Crippen molar-refractivity contribution in [3.8, 4) is 5.75 Å². The molecule has 296 valence electrons. The van der Waals surface area contributed by atoms with E-state index in [2.05, 4.69) is 25.9 Å². The highest BCUT2D eigenvalue weighted by molar-refractivity contribution is 7.89. The maximum Gasteiger partial charge on any atom is 0.421 e. The third kappa shape index (κ3) is 8.63. The summed E-state index contributed by atoms with van der Waals surface area (Å²) in [6.45, 7) is 3.99. The minimum absolute atomic E-state index is 0.0135. The van der Waals surface area contributed by atoms with Crippen LogP contribution in [0.5, 0.6) is 5.75 Å². The number of nitrogens with zero attached hydrogens (tertiary/aromatic N) is 6. The Morgan fingerprint density at radius 2 is 1.52 bits per heavy atom. The second kappa shape index (κ2) is 16.4. The first-order chi connectivity index (χ1) is 26.7. The molecule has 15 nitrogen and oxygen atoms in total. The number of benzene rings is 3. The molecular formula is C37H40F3N9O6S. The van der Waals surface area contributed by atoms with Crippen molar-refractivity contribution in [2.45, 2.75) is 18.0 Å². The molecule has 3 amide bonds. The van der Waals surface area contributed by atoms with E-state index in [0.29, 0.717) is 56.9 Å². The van der Waals surface area contributed by atoms with Gasteiger partial charge in [-0.2, -0.15) is 22.5 Å². The van der Waals surface area contributed by atoms with Crippen LogP contribution in [0.4, 0.5) is 42.0 Å². The number of hydrogen-bond donors (Lipinski definition) is 3. The van der Waals surface area contributed by atoms with E-state index in [1.165, 1.54) is 49.7 Å². The fourth-order valence-corrected chi connectivity index (χ4v) is 7.90. The zero-order valence-corrected chi connectivity index (χ0v) is 31.6. The minimum Gasteiger partial charge on any atom is -0.494 e. The Hall–Kier alpha value is -5.95. The number of carbonyl (C=O) groups excluding carboxylic acids is 3. The van der Waals surface area contributed by atoms with Crippen molar-refractivity contribution in [1.29, 1.82) is 0 Å². The number of anilines is 5. The van der Waals surface area contributed by atoms with E-state index in [0.717, 1.165) is 5.69 Å². The molecule has 19 heteroatoms. The van der Waals surface area contributed by atoms with Gasteiger partial charge in [-0.1, -0.05) is 18.2 Å². The first kappa shape index (κ1) is 39.7. The van der Waals surface area contributed by atoms with Gasteiger partial charge in [0.05, 0.1) is 28.9 Å². The third-order valence-electron chi connectivity index (χ3n) is 9.51. The molecule has 3 N–H and O–H groups in total. The van der Waals surface area contributed by atoms with Gasteiger partial charge >= 0.3 is 6.18 Å². The zero-order valence-electron chi connectivity index (χ0n) is 30.8. The number of alkyl halides is 3. The van der Waals surface area contributed by atoms with Crippen molar-refractivity contribution in [1.82, 2.24) is 29.4 Å². The molecule has 0 unspecified atom stereocenters. The van der Waals surface area contributed by atoms with E-state index in [1.54, 1.807) is 52.3 Å². The topological polar surface area (TPSA) is 169 Å². The van der Waals surface area contributed by atoms with Crippen LogP contribution in [0.15, 0.2) is 77.8 Å². The Balaban J connectivity index is 1.12. The summed E-state index contributed by atoms with van der Waals surface area (Å²) in [7, 11) is -1.02. The molecule has 0 bridgehead atoms. The first-order valence-corrected chi connectivity index (χ1v) is 19.0. The predicted molar refractivity (Wildman–Crippen MR) is 202 cm³/mol. The molecule has 0 saturated carbocycles. The monoisotopic (exact) mass is 795 g/mol. The van der Waals surface area contributed by atoms with E-state index in [4.69, 9.17) is 4.74 Å². The Bertz CT molecular complexity index is 2230. The minimum atomic E-state index is -4.80. The van der Waals surface area contributed by atoms with Crippen molar-refractivity contribution in [3.63, 3.8) is 0 Å². The van der Waals surface area contributed by atoms with Crippen molar-refractivity contribution in [2.75, 3.05) is 82.0 Å². The fraction of sp³-hybridized carbons (Fsp3) is 0.324. The average Bonchev–Trinajstić information content (AvgIpc) is 3.20. The van der Waals surface area contributed by atoms with Gasteiger partial charge < -0.3 is 35.4 Å². The Kier molecular flexibility index (Phi) is 11.7. The van der Waals surface area contributed by atoms with E-state index >= 15 is 0 Å². The molecule has 0 atom stereocenters. The number of aromatic nitrogens is 2. The summed E-state index contributed by atoms with van der Waals surface area (Å²) in [6.07, 6.45) is -4.15. The second-order valence-corrected chi connectivity index (χ2v) is 14.9. The quantitative estimate of drug-likeness (QED) is 0.211. The Morgan fingerprint density at radius 1 is 0.821 bits per heavy atom. The van der Waals surface area contributed by atoms with Gasteiger partial charge in [-0.3, -0.25) is 14.4 Å². The van der Waals surface area contributed by atoms with Crippen LogP contribution in [0, 0.1) is 0 Å². The summed E-state index contributed by atoms with van der Waals surface area (Å²) in [5.74, 6) is -1.28. The number of piperazine rings is 2. The highest BCUT2D eigenvalue weighted by Crippen LogP contribution is 2.37. The zero-order chi connectivity index (χ0) is 40.2. The molecule has 2 aliphatic heterocycles. The summed E-state index contributed by atoms with van der Waals surface area (Å²) in [4.78, 5) is 50.9. The van der Waals surface area contributed by atoms with Crippen LogP contribution in [-0.4, -0.2) is 117 Å². The molecule has 2 saturated heterocycles. The number of ether oxygens (including phenoxy) is 1. The molecule has 2 fully saturated rings. The van der Waals surface area contributed by atoms with Crippen LogP contribution in [0.2, 0.25) is 0 Å². The standard InChI is InChI=1S/C37H40F3N9O6S/c1-24(50)46-17-19-49(20-18-46)56(53,54)27-8-6-7-25(21-27)35(52)48-15-13-47(14-16-48)26-11-12-31(32(22-26)55-3)44-36-42-23-29(37(38,39)40)33(45-36)43-30-10-5-4-9-28(30)34(51)41-2/h4-12,21-23H,13-20H2,1-3H3,(H,41,51)(H2,42,43,44,45). The van der Waals surface area contributed by atoms with Crippen LogP contribution in [0.1, 0.15) is 33.2 Å². The highest BCUT2D eigenvalue weighted by Gasteiger charge is 2.36. The molecule has 3 heterocycles. The van der Waals surface area contributed by atoms with Crippen LogP contribution < -0.4 is 25.6 Å². The molecule has 0 aliphatic carbocycles. The lowest BCUT2D eigenvalue weighted by Gasteiger charge is -2.36. The number of nitrogens with one attached hydrogen (secondary N) is 3. The van der Waals surface area contributed by atoms with Crippen LogP contribution in [0.3, 0.4) is 0 Å².